The third kappa shape index (κ3) is 3.20. The molecule has 6 heteroatoms. The standard InChI is InChI=1S/C13H20N6/c1-2-13-14-5-6-18(13)7-8-19-10-12(16-17-19)9-15-11-3-4-11/h5-6,10-11,15H,2-4,7-9H2,1H3. The fourth-order valence-corrected chi connectivity index (χ4v) is 2.13. The average molecular weight is 260 g/mol. The van der Waals surface area contributed by atoms with Crippen LogP contribution in [0.3, 0.4) is 0 Å². The Bertz CT molecular complexity index is 525. The van der Waals surface area contributed by atoms with Crippen LogP contribution >= 0.6 is 0 Å². The second kappa shape index (κ2) is 5.52. The summed E-state index contributed by atoms with van der Waals surface area (Å²) in [6, 6.07) is 0.711. The Kier molecular flexibility index (Phi) is 3.59. The van der Waals surface area contributed by atoms with Crippen molar-refractivity contribution in [3.63, 3.8) is 0 Å². The van der Waals surface area contributed by atoms with Crippen LogP contribution in [0.1, 0.15) is 31.3 Å². The van der Waals surface area contributed by atoms with E-state index in [9.17, 15) is 0 Å². The van der Waals surface area contributed by atoms with Crippen molar-refractivity contribution < 1.29 is 0 Å². The summed E-state index contributed by atoms with van der Waals surface area (Å²) in [4.78, 5) is 4.32. The van der Waals surface area contributed by atoms with E-state index >= 15 is 0 Å². The van der Waals surface area contributed by atoms with Crippen LogP contribution in [0.25, 0.3) is 0 Å². The molecule has 0 bridgehead atoms. The highest BCUT2D eigenvalue weighted by atomic mass is 15.4. The Morgan fingerprint density at radius 3 is 3.05 bits per heavy atom. The Hall–Kier alpha value is -1.69. The summed E-state index contributed by atoms with van der Waals surface area (Å²) in [5.74, 6) is 1.12. The van der Waals surface area contributed by atoms with Gasteiger partial charge < -0.3 is 9.88 Å². The van der Waals surface area contributed by atoms with Gasteiger partial charge in [-0.15, -0.1) is 5.10 Å². The zero-order valence-electron chi connectivity index (χ0n) is 11.3. The highest BCUT2D eigenvalue weighted by Gasteiger charge is 2.20. The highest BCUT2D eigenvalue weighted by molar-refractivity contribution is 4.95. The first kappa shape index (κ1) is 12.3. The minimum Gasteiger partial charge on any atom is -0.333 e. The molecule has 102 valence electrons. The SMILES string of the molecule is CCc1nccn1CCn1cc(CNC2CC2)nn1. The van der Waals surface area contributed by atoms with Crippen LogP contribution in [-0.4, -0.2) is 30.6 Å². The molecule has 0 aromatic carbocycles. The van der Waals surface area contributed by atoms with E-state index in [-0.39, 0.29) is 0 Å². The summed E-state index contributed by atoms with van der Waals surface area (Å²) < 4.78 is 4.08. The summed E-state index contributed by atoms with van der Waals surface area (Å²) in [6.07, 6.45) is 9.46. The zero-order valence-corrected chi connectivity index (χ0v) is 11.3. The molecule has 3 rings (SSSR count). The van der Waals surface area contributed by atoms with Crippen LogP contribution in [0.2, 0.25) is 0 Å². The minimum absolute atomic E-state index is 0.711. The number of imidazole rings is 1. The second-order valence-corrected chi connectivity index (χ2v) is 5.02. The molecular weight excluding hydrogens is 240 g/mol. The van der Waals surface area contributed by atoms with E-state index in [2.05, 4.69) is 32.1 Å². The van der Waals surface area contributed by atoms with E-state index in [1.54, 1.807) is 0 Å². The Morgan fingerprint density at radius 2 is 2.26 bits per heavy atom. The molecule has 0 saturated heterocycles. The summed E-state index contributed by atoms with van der Waals surface area (Å²) in [7, 11) is 0. The van der Waals surface area contributed by atoms with E-state index in [4.69, 9.17) is 0 Å². The summed E-state index contributed by atoms with van der Waals surface area (Å²) in [5, 5.41) is 11.8. The van der Waals surface area contributed by atoms with Gasteiger partial charge in [0.1, 0.15) is 5.82 Å². The molecule has 1 aliphatic rings. The van der Waals surface area contributed by atoms with E-state index in [0.29, 0.717) is 6.04 Å². The van der Waals surface area contributed by atoms with Gasteiger partial charge in [-0.05, 0) is 12.8 Å². The van der Waals surface area contributed by atoms with Crippen molar-refractivity contribution >= 4 is 0 Å². The van der Waals surface area contributed by atoms with Gasteiger partial charge in [-0.2, -0.15) is 0 Å². The van der Waals surface area contributed by atoms with Crippen LogP contribution in [-0.2, 0) is 26.1 Å². The minimum atomic E-state index is 0.711. The topological polar surface area (TPSA) is 60.6 Å². The molecule has 0 amide bonds. The molecule has 2 heterocycles. The summed E-state index contributed by atoms with van der Waals surface area (Å²) >= 11 is 0. The van der Waals surface area contributed by atoms with Crippen molar-refractivity contribution in [1.82, 2.24) is 29.9 Å². The average Bonchev–Trinajstić information content (AvgIpc) is 2.97. The van der Waals surface area contributed by atoms with Crippen molar-refractivity contribution in [2.24, 2.45) is 0 Å². The number of hydrogen-bond acceptors (Lipinski definition) is 4. The molecule has 19 heavy (non-hydrogen) atoms. The van der Waals surface area contributed by atoms with Crippen molar-refractivity contribution in [2.45, 2.75) is 51.9 Å². The van der Waals surface area contributed by atoms with Crippen molar-refractivity contribution in [3.05, 3.63) is 30.1 Å². The van der Waals surface area contributed by atoms with Crippen LogP contribution in [0.15, 0.2) is 18.6 Å². The lowest BCUT2D eigenvalue weighted by Gasteiger charge is -2.05. The molecule has 0 unspecified atom stereocenters. The molecule has 0 atom stereocenters. The Labute approximate surface area is 112 Å². The van der Waals surface area contributed by atoms with Crippen LogP contribution in [0.4, 0.5) is 0 Å². The summed E-state index contributed by atoms with van der Waals surface area (Å²) in [5.41, 5.74) is 1.02. The maximum absolute atomic E-state index is 4.32. The lowest BCUT2D eigenvalue weighted by atomic mass is 10.4. The first-order chi connectivity index (χ1) is 9.35. The first-order valence-corrected chi connectivity index (χ1v) is 6.97. The van der Waals surface area contributed by atoms with Crippen LogP contribution in [0.5, 0.6) is 0 Å². The highest BCUT2D eigenvalue weighted by Crippen LogP contribution is 2.18. The number of nitrogens with zero attached hydrogens (tertiary/aromatic N) is 5. The third-order valence-electron chi connectivity index (χ3n) is 3.42. The van der Waals surface area contributed by atoms with Crippen LogP contribution in [0, 0.1) is 0 Å². The Balaban J connectivity index is 1.51. The molecule has 1 fully saturated rings. The van der Waals surface area contributed by atoms with Crippen molar-refractivity contribution in [3.8, 4) is 0 Å². The lowest BCUT2D eigenvalue weighted by Crippen LogP contribution is -2.15. The first-order valence-electron chi connectivity index (χ1n) is 6.97. The molecule has 1 N–H and O–H groups in total. The maximum atomic E-state index is 4.32. The van der Waals surface area contributed by atoms with Gasteiger partial charge in [0.2, 0.25) is 0 Å². The number of aromatic nitrogens is 5. The predicted octanol–water partition coefficient (Wildman–Crippen LogP) is 0.989. The van der Waals surface area contributed by atoms with Crippen molar-refractivity contribution in [1.29, 1.82) is 0 Å². The quantitative estimate of drug-likeness (QED) is 0.806. The molecule has 1 aliphatic carbocycles. The second-order valence-electron chi connectivity index (χ2n) is 5.02. The van der Waals surface area contributed by atoms with Gasteiger partial charge in [0, 0.05) is 44.1 Å². The van der Waals surface area contributed by atoms with Gasteiger partial charge in [-0.25, -0.2) is 4.98 Å². The van der Waals surface area contributed by atoms with E-state index in [0.717, 1.165) is 37.6 Å². The van der Waals surface area contributed by atoms with Gasteiger partial charge in [-0.1, -0.05) is 12.1 Å². The molecule has 0 spiro atoms. The molecular formula is C13H20N6. The third-order valence-corrected chi connectivity index (χ3v) is 3.42. The van der Waals surface area contributed by atoms with Crippen LogP contribution < -0.4 is 5.32 Å². The number of aryl methyl sites for hydroxylation is 3. The van der Waals surface area contributed by atoms with Gasteiger partial charge in [0.05, 0.1) is 12.2 Å². The van der Waals surface area contributed by atoms with E-state index in [1.165, 1.54) is 12.8 Å². The van der Waals surface area contributed by atoms with Gasteiger partial charge in [0.15, 0.2) is 0 Å². The predicted molar refractivity (Wildman–Crippen MR) is 71.5 cm³/mol. The molecule has 2 aromatic rings. The molecule has 2 aromatic heterocycles. The number of hydrogen-bond donors (Lipinski definition) is 1. The normalized spacial score (nSPS) is 15.0. The van der Waals surface area contributed by atoms with Gasteiger partial charge in [0.25, 0.3) is 0 Å². The zero-order chi connectivity index (χ0) is 13.1. The van der Waals surface area contributed by atoms with E-state index < -0.39 is 0 Å². The number of rotatable bonds is 7. The van der Waals surface area contributed by atoms with Gasteiger partial charge in [-0.3, -0.25) is 4.68 Å². The van der Waals surface area contributed by atoms with Crippen molar-refractivity contribution in [2.75, 3.05) is 0 Å². The molecule has 0 aliphatic heterocycles. The Morgan fingerprint density at radius 1 is 1.37 bits per heavy atom. The molecule has 0 radical (unpaired) electrons. The fraction of sp³-hybridized carbons (Fsp3) is 0.615. The molecule has 6 nitrogen and oxygen atoms in total. The van der Waals surface area contributed by atoms with E-state index in [1.807, 2.05) is 23.3 Å². The largest absolute Gasteiger partial charge is 0.333 e. The fourth-order valence-electron chi connectivity index (χ4n) is 2.13. The lowest BCUT2D eigenvalue weighted by molar-refractivity contribution is 0.509. The maximum Gasteiger partial charge on any atom is 0.108 e. The smallest absolute Gasteiger partial charge is 0.108 e. The molecule has 1 saturated carbocycles. The monoisotopic (exact) mass is 260 g/mol. The summed E-state index contributed by atoms with van der Waals surface area (Å²) in [6.45, 7) is 4.67. The van der Waals surface area contributed by atoms with Gasteiger partial charge >= 0.3 is 0 Å². The number of nitrogens with one attached hydrogen (secondary N) is 1.